The van der Waals surface area contributed by atoms with Crippen molar-refractivity contribution in [1.82, 2.24) is 0 Å². The maximum Gasteiger partial charge on any atom is 0.108 e. The molecular weight excluding hydrogens is 280 g/mol. The number of hydrogen-bond donors (Lipinski definition) is 4. The SMILES string of the molecule is CCCCCCCCCCCCCCC(O)C(O)C(O)CO. The monoisotopic (exact) mass is 318 g/mol. The van der Waals surface area contributed by atoms with Gasteiger partial charge in [-0.3, -0.25) is 0 Å². The molecule has 4 nitrogen and oxygen atoms in total. The molecule has 3 atom stereocenters. The summed E-state index contributed by atoms with van der Waals surface area (Å²) in [4.78, 5) is 0. The van der Waals surface area contributed by atoms with E-state index < -0.39 is 24.9 Å². The Bertz CT molecular complexity index is 223. The maximum absolute atomic E-state index is 9.66. The van der Waals surface area contributed by atoms with Crippen LogP contribution in [0.25, 0.3) is 0 Å². The zero-order chi connectivity index (χ0) is 16.6. The quantitative estimate of drug-likeness (QED) is 0.330. The minimum absolute atomic E-state index is 0.482. The first-order valence-electron chi connectivity index (χ1n) is 9.28. The van der Waals surface area contributed by atoms with Gasteiger partial charge in [0, 0.05) is 0 Å². The standard InChI is InChI=1S/C18H38O4/c1-2-3-4-5-6-7-8-9-10-11-12-13-14-16(20)18(22)17(21)15-19/h16-22H,2-15H2,1H3. The fraction of sp³-hybridized carbons (Fsp3) is 1.00. The van der Waals surface area contributed by atoms with Gasteiger partial charge in [-0.1, -0.05) is 84.0 Å². The predicted octanol–water partition coefficient (Wildman–Crippen LogP) is 3.15. The third-order valence-corrected chi connectivity index (χ3v) is 4.33. The van der Waals surface area contributed by atoms with Gasteiger partial charge < -0.3 is 20.4 Å². The molecule has 0 fully saturated rings. The summed E-state index contributed by atoms with van der Waals surface area (Å²) >= 11 is 0. The lowest BCUT2D eigenvalue weighted by Gasteiger charge is -2.21. The first-order valence-corrected chi connectivity index (χ1v) is 9.28. The highest BCUT2D eigenvalue weighted by molar-refractivity contribution is 4.74. The van der Waals surface area contributed by atoms with E-state index >= 15 is 0 Å². The van der Waals surface area contributed by atoms with Crippen LogP contribution in [0.1, 0.15) is 90.4 Å². The molecule has 0 amide bonds. The Morgan fingerprint density at radius 1 is 0.591 bits per heavy atom. The first kappa shape index (κ1) is 21.8. The maximum atomic E-state index is 9.66. The molecule has 0 rings (SSSR count). The van der Waals surface area contributed by atoms with Gasteiger partial charge >= 0.3 is 0 Å². The van der Waals surface area contributed by atoms with Gasteiger partial charge in [0.1, 0.15) is 12.2 Å². The molecular formula is C18H38O4. The van der Waals surface area contributed by atoms with Crippen LogP contribution in [0.2, 0.25) is 0 Å². The second-order valence-electron chi connectivity index (χ2n) is 6.49. The highest BCUT2D eigenvalue weighted by Gasteiger charge is 2.23. The van der Waals surface area contributed by atoms with Gasteiger partial charge in [0.05, 0.1) is 12.7 Å². The number of aliphatic hydroxyl groups excluding tert-OH is 4. The number of hydrogen-bond acceptors (Lipinski definition) is 4. The molecule has 0 aliphatic carbocycles. The molecule has 0 radical (unpaired) electrons. The van der Waals surface area contributed by atoms with Crippen molar-refractivity contribution in [2.75, 3.05) is 6.61 Å². The van der Waals surface area contributed by atoms with E-state index in [1.807, 2.05) is 0 Å². The smallest absolute Gasteiger partial charge is 0.108 e. The van der Waals surface area contributed by atoms with E-state index in [9.17, 15) is 15.3 Å². The Hall–Kier alpha value is -0.160. The molecule has 0 saturated heterocycles. The summed E-state index contributed by atoms with van der Waals surface area (Å²) in [5, 5.41) is 37.1. The number of unbranched alkanes of at least 4 members (excludes halogenated alkanes) is 11. The number of aliphatic hydroxyl groups is 4. The molecule has 0 aliphatic rings. The largest absolute Gasteiger partial charge is 0.394 e. The first-order chi connectivity index (χ1) is 10.6. The molecule has 0 heterocycles. The van der Waals surface area contributed by atoms with Gasteiger partial charge in [-0.25, -0.2) is 0 Å². The third-order valence-electron chi connectivity index (χ3n) is 4.33. The van der Waals surface area contributed by atoms with Crippen molar-refractivity contribution in [2.24, 2.45) is 0 Å². The molecule has 0 aromatic heterocycles. The van der Waals surface area contributed by atoms with E-state index in [4.69, 9.17) is 5.11 Å². The van der Waals surface area contributed by atoms with Gasteiger partial charge in [-0.2, -0.15) is 0 Å². The van der Waals surface area contributed by atoms with Crippen LogP contribution in [-0.2, 0) is 0 Å². The highest BCUT2D eigenvalue weighted by atomic mass is 16.4. The molecule has 22 heavy (non-hydrogen) atoms. The Balaban J connectivity index is 3.26. The summed E-state index contributed by atoms with van der Waals surface area (Å²) < 4.78 is 0. The van der Waals surface area contributed by atoms with Gasteiger partial charge in [0.2, 0.25) is 0 Å². The lowest BCUT2D eigenvalue weighted by Crippen LogP contribution is -2.39. The minimum Gasteiger partial charge on any atom is -0.394 e. The van der Waals surface area contributed by atoms with Crippen LogP contribution < -0.4 is 0 Å². The topological polar surface area (TPSA) is 80.9 Å². The van der Waals surface area contributed by atoms with Crippen LogP contribution in [-0.4, -0.2) is 45.3 Å². The van der Waals surface area contributed by atoms with Gasteiger partial charge in [-0.05, 0) is 6.42 Å². The molecule has 3 unspecified atom stereocenters. The summed E-state index contributed by atoms with van der Waals surface area (Å²) in [7, 11) is 0. The molecule has 0 saturated carbocycles. The Morgan fingerprint density at radius 3 is 1.41 bits per heavy atom. The lowest BCUT2D eigenvalue weighted by molar-refractivity contribution is -0.0787. The van der Waals surface area contributed by atoms with E-state index in [0.29, 0.717) is 6.42 Å². The third kappa shape index (κ3) is 12.4. The van der Waals surface area contributed by atoms with Crippen molar-refractivity contribution < 1.29 is 20.4 Å². The number of rotatable bonds is 16. The summed E-state index contributed by atoms with van der Waals surface area (Å²) in [5.74, 6) is 0. The fourth-order valence-corrected chi connectivity index (χ4v) is 2.73. The van der Waals surface area contributed by atoms with E-state index in [1.165, 1.54) is 64.2 Å². The fourth-order valence-electron chi connectivity index (χ4n) is 2.73. The van der Waals surface area contributed by atoms with E-state index in [0.717, 1.165) is 12.8 Å². The zero-order valence-electron chi connectivity index (χ0n) is 14.4. The predicted molar refractivity (Wildman–Crippen MR) is 90.8 cm³/mol. The summed E-state index contributed by atoms with van der Waals surface area (Å²) in [6.45, 7) is 1.73. The van der Waals surface area contributed by atoms with Crippen molar-refractivity contribution in [3.05, 3.63) is 0 Å². The Labute approximate surface area is 136 Å². The minimum atomic E-state index is -1.24. The second kappa shape index (κ2) is 15.7. The van der Waals surface area contributed by atoms with Crippen molar-refractivity contribution in [1.29, 1.82) is 0 Å². The van der Waals surface area contributed by atoms with Gasteiger partial charge in [0.15, 0.2) is 0 Å². The molecule has 4 N–H and O–H groups in total. The molecule has 0 spiro atoms. The van der Waals surface area contributed by atoms with Crippen molar-refractivity contribution in [2.45, 2.75) is 109 Å². The van der Waals surface area contributed by atoms with Gasteiger partial charge in [0.25, 0.3) is 0 Å². The second-order valence-corrected chi connectivity index (χ2v) is 6.49. The molecule has 4 heteroatoms. The van der Waals surface area contributed by atoms with Crippen molar-refractivity contribution in [3.63, 3.8) is 0 Å². The van der Waals surface area contributed by atoms with Gasteiger partial charge in [-0.15, -0.1) is 0 Å². The molecule has 134 valence electrons. The van der Waals surface area contributed by atoms with Crippen LogP contribution in [0.3, 0.4) is 0 Å². The van der Waals surface area contributed by atoms with E-state index in [2.05, 4.69) is 6.92 Å². The molecule has 0 bridgehead atoms. The molecule has 0 aromatic rings. The average Bonchev–Trinajstić information content (AvgIpc) is 2.54. The van der Waals surface area contributed by atoms with Crippen LogP contribution >= 0.6 is 0 Å². The normalized spacial score (nSPS) is 15.7. The van der Waals surface area contributed by atoms with E-state index in [-0.39, 0.29) is 0 Å². The lowest BCUT2D eigenvalue weighted by atomic mass is 10.0. The van der Waals surface area contributed by atoms with Crippen LogP contribution in [0.4, 0.5) is 0 Å². The van der Waals surface area contributed by atoms with E-state index in [1.54, 1.807) is 0 Å². The highest BCUT2D eigenvalue weighted by Crippen LogP contribution is 2.14. The van der Waals surface area contributed by atoms with Crippen LogP contribution in [0.15, 0.2) is 0 Å². The zero-order valence-corrected chi connectivity index (χ0v) is 14.4. The summed E-state index contributed by atoms with van der Waals surface area (Å²) in [5.41, 5.74) is 0. The average molecular weight is 318 g/mol. The summed E-state index contributed by atoms with van der Waals surface area (Å²) in [6, 6.07) is 0. The molecule has 0 aliphatic heterocycles. The Morgan fingerprint density at radius 2 is 1.00 bits per heavy atom. The van der Waals surface area contributed by atoms with Crippen LogP contribution in [0.5, 0.6) is 0 Å². The summed E-state index contributed by atoms with van der Waals surface area (Å²) in [6.07, 6.45) is 12.2. The van der Waals surface area contributed by atoms with Crippen molar-refractivity contribution >= 4 is 0 Å². The Kier molecular flexibility index (Phi) is 15.6. The van der Waals surface area contributed by atoms with Crippen molar-refractivity contribution in [3.8, 4) is 0 Å². The molecule has 0 aromatic carbocycles. The van der Waals surface area contributed by atoms with Crippen LogP contribution in [0, 0.1) is 0 Å².